The van der Waals surface area contributed by atoms with E-state index in [0.29, 0.717) is 6.04 Å². The summed E-state index contributed by atoms with van der Waals surface area (Å²) in [6, 6.07) is 13.9. The fourth-order valence-corrected chi connectivity index (χ4v) is 4.14. The van der Waals surface area contributed by atoms with Gasteiger partial charge in [0.15, 0.2) is 0 Å². The molecule has 1 N–H and O–H groups in total. The van der Waals surface area contributed by atoms with Gasteiger partial charge in [-0.1, -0.05) is 37.6 Å². The van der Waals surface area contributed by atoms with Crippen LogP contribution in [0.5, 0.6) is 0 Å². The highest BCUT2D eigenvalue weighted by atomic mass is 32.1. The van der Waals surface area contributed by atoms with Crippen molar-refractivity contribution in [3.05, 3.63) is 57.3 Å². The largest absolute Gasteiger partial charge is 0.309 e. The van der Waals surface area contributed by atoms with Gasteiger partial charge in [0.05, 0.1) is 6.04 Å². The predicted molar refractivity (Wildman–Crippen MR) is 87.6 cm³/mol. The molecule has 0 amide bonds. The summed E-state index contributed by atoms with van der Waals surface area (Å²) in [6.07, 6.45) is 5.24. The molecule has 3 rings (SSSR count). The molecule has 0 saturated heterocycles. The molecular weight excluding hydrogens is 262 g/mol. The van der Waals surface area contributed by atoms with E-state index in [2.05, 4.69) is 55.7 Å². The number of nitrogens with one attached hydrogen (secondary N) is 1. The van der Waals surface area contributed by atoms with Gasteiger partial charge in [-0.25, -0.2) is 0 Å². The standard InChI is InChI=1S/C18H23NS/c1-3-14-11-12-17(20-14)18(19-2)16-10-5-4-9-15(16)13-7-6-8-13/h4-5,9-13,18-19H,3,6-8H2,1-2H3. The summed E-state index contributed by atoms with van der Waals surface area (Å²) in [7, 11) is 2.08. The minimum atomic E-state index is 0.345. The van der Waals surface area contributed by atoms with Crippen molar-refractivity contribution >= 4 is 11.3 Å². The van der Waals surface area contributed by atoms with Crippen LogP contribution in [0.4, 0.5) is 0 Å². The monoisotopic (exact) mass is 285 g/mol. The molecule has 1 unspecified atom stereocenters. The highest BCUT2D eigenvalue weighted by Crippen LogP contribution is 2.41. The van der Waals surface area contributed by atoms with Crippen LogP contribution in [0.3, 0.4) is 0 Å². The van der Waals surface area contributed by atoms with Crippen molar-refractivity contribution in [3.63, 3.8) is 0 Å². The van der Waals surface area contributed by atoms with Gasteiger partial charge in [0, 0.05) is 9.75 Å². The summed E-state index contributed by atoms with van der Waals surface area (Å²) in [5, 5.41) is 3.53. The lowest BCUT2D eigenvalue weighted by molar-refractivity contribution is 0.415. The van der Waals surface area contributed by atoms with Crippen LogP contribution in [0.2, 0.25) is 0 Å². The molecule has 1 heterocycles. The molecule has 106 valence electrons. The predicted octanol–water partition coefficient (Wildman–Crippen LogP) is 4.89. The van der Waals surface area contributed by atoms with E-state index in [1.54, 1.807) is 5.56 Å². The number of hydrogen-bond acceptors (Lipinski definition) is 2. The van der Waals surface area contributed by atoms with Crippen molar-refractivity contribution in [3.8, 4) is 0 Å². The van der Waals surface area contributed by atoms with Crippen LogP contribution in [-0.4, -0.2) is 7.05 Å². The topological polar surface area (TPSA) is 12.0 Å². The van der Waals surface area contributed by atoms with Crippen molar-refractivity contribution in [2.45, 2.75) is 44.6 Å². The minimum Gasteiger partial charge on any atom is -0.309 e. The molecule has 1 aliphatic rings. The van der Waals surface area contributed by atoms with Crippen molar-refractivity contribution < 1.29 is 0 Å². The zero-order chi connectivity index (χ0) is 13.9. The lowest BCUT2D eigenvalue weighted by atomic mass is 9.77. The number of benzene rings is 1. The Kier molecular flexibility index (Phi) is 4.23. The SMILES string of the molecule is CCc1ccc(C(NC)c2ccccc2C2CCC2)s1. The van der Waals surface area contributed by atoms with Crippen LogP contribution in [0.25, 0.3) is 0 Å². The molecule has 0 aliphatic heterocycles. The van der Waals surface area contributed by atoms with Gasteiger partial charge in [-0.2, -0.15) is 0 Å². The Morgan fingerprint density at radius 2 is 2.00 bits per heavy atom. The Labute approximate surface area is 126 Å². The van der Waals surface area contributed by atoms with E-state index in [1.807, 2.05) is 11.3 Å². The second kappa shape index (κ2) is 6.11. The summed E-state index contributed by atoms with van der Waals surface area (Å²) in [5.74, 6) is 0.785. The van der Waals surface area contributed by atoms with E-state index in [1.165, 1.54) is 34.6 Å². The van der Waals surface area contributed by atoms with Gasteiger partial charge in [0.2, 0.25) is 0 Å². The fraction of sp³-hybridized carbons (Fsp3) is 0.444. The van der Waals surface area contributed by atoms with Gasteiger partial charge in [-0.3, -0.25) is 0 Å². The smallest absolute Gasteiger partial charge is 0.0671 e. The van der Waals surface area contributed by atoms with E-state index in [9.17, 15) is 0 Å². The lowest BCUT2D eigenvalue weighted by Crippen LogP contribution is -2.20. The third-order valence-corrected chi connectivity index (χ3v) is 5.75. The average molecular weight is 285 g/mol. The molecule has 1 fully saturated rings. The van der Waals surface area contributed by atoms with Crippen molar-refractivity contribution in [1.29, 1.82) is 0 Å². The Bertz CT molecular complexity index is 568. The van der Waals surface area contributed by atoms with Gasteiger partial charge >= 0.3 is 0 Å². The fourth-order valence-electron chi connectivity index (χ4n) is 3.06. The molecule has 1 saturated carbocycles. The Morgan fingerprint density at radius 3 is 2.60 bits per heavy atom. The minimum absolute atomic E-state index is 0.345. The molecule has 0 bridgehead atoms. The molecule has 1 atom stereocenters. The second-order valence-corrected chi connectivity index (χ2v) is 6.84. The number of rotatable bonds is 5. The summed E-state index contributed by atoms with van der Waals surface area (Å²) >= 11 is 1.94. The van der Waals surface area contributed by atoms with Gasteiger partial charge in [-0.15, -0.1) is 11.3 Å². The van der Waals surface area contributed by atoms with E-state index in [0.717, 1.165) is 12.3 Å². The van der Waals surface area contributed by atoms with E-state index in [-0.39, 0.29) is 0 Å². The maximum atomic E-state index is 3.53. The lowest BCUT2D eigenvalue weighted by Gasteiger charge is -2.30. The Balaban J connectivity index is 1.96. The van der Waals surface area contributed by atoms with Crippen LogP contribution < -0.4 is 5.32 Å². The maximum absolute atomic E-state index is 3.53. The molecular formula is C18H23NS. The molecule has 0 radical (unpaired) electrons. The average Bonchev–Trinajstić information content (AvgIpc) is 2.88. The zero-order valence-electron chi connectivity index (χ0n) is 12.4. The number of aryl methyl sites for hydroxylation is 1. The first-order chi connectivity index (χ1) is 9.83. The summed E-state index contributed by atoms with van der Waals surface area (Å²) in [6.45, 7) is 2.23. The zero-order valence-corrected chi connectivity index (χ0v) is 13.2. The van der Waals surface area contributed by atoms with Crippen molar-refractivity contribution in [2.75, 3.05) is 7.05 Å². The molecule has 1 aromatic carbocycles. The second-order valence-electron chi connectivity index (χ2n) is 5.64. The first-order valence-corrected chi connectivity index (χ1v) is 8.49. The van der Waals surface area contributed by atoms with E-state index < -0.39 is 0 Å². The quantitative estimate of drug-likeness (QED) is 0.825. The number of thiophene rings is 1. The summed E-state index contributed by atoms with van der Waals surface area (Å²) in [5.41, 5.74) is 3.04. The van der Waals surface area contributed by atoms with Crippen LogP contribution in [0.15, 0.2) is 36.4 Å². The highest BCUT2D eigenvalue weighted by Gasteiger charge is 2.25. The van der Waals surface area contributed by atoms with Crippen LogP contribution in [0.1, 0.15) is 59.0 Å². The van der Waals surface area contributed by atoms with Crippen LogP contribution >= 0.6 is 11.3 Å². The van der Waals surface area contributed by atoms with E-state index in [4.69, 9.17) is 0 Å². The van der Waals surface area contributed by atoms with Crippen LogP contribution in [0, 0.1) is 0 Å². The molecule has 1 aliphatic carbocycles. The molecule has 0 spiro atoms. The van der Waals surface area contributed by atoms with Crippen molar-refractivity contribution in [2.24, 2.45) is 0 Å². The van der Waals surface area contributed by atoms with Gasteiger partial charge in [0.25, 0.3) is 0 Å². The van der Waals surface area contributed by atoms with E-state index >= 15 is 0 Å². The maximum Gasteiger partial charge on any atom is 0.0671 e. The third-order valence-electron chi connectivity index (χ3n) is 4.46. The number of hydrogen-bond donors (Lipinski definition) is 1. The third kappa shape index (κ3) is 2.55. The summed E-state index contributed by atoms with van der Waals surface area (Å²) in [4.78, 5) is 2.91. The molecule has 2 heteroatoms. The van der Waals surface area contributed by atoms with Crippen LogP contribution in [-0.2, 0) is 6.42 Å². The first-order valence-electron chi connectivity index (χ1n) is 7.68. The summed E-state index contributed by atoms with van der Waals surface area (Å²) < 4.78 is 0. The molecule has 2 aromatic rings. The normalized spacial score (nSPS) is 16.9. The first kappa shape index (κ1) is 13.8. The Hall–Kier alpha value is -1.12. The highest BCUT2D eigenvalue weighted by molar-refractivity contribution is 7.12. The molecule has 20 heavy (non-hydrogen) atoms. The van der Waals surface area contributed by atoms with Gasteiger partial charge in [-0.05, 0) is 55.5 Å². The van der Waals surface area contributed by atoms with Crippen molar-refractivity contribution in [1.82, 2.24) is 5.32 Å². The molecule has 1 nitrogen and oxygen atoms in total. The Morgan fingerprint density at radius 1 is 1.20 bits per heavy atom. The van der Waals surface area contributed by atoms with Gasteiger partial charge in [0.1, 0.15) is 0 Å². The molecule has 1 aromatic heterocycles. The van der Waals surface area contributed by atoms with Gasteiger partial charge < -0.3 is 5.32 Å².